The van der Waals surface area contributed by atoms with Gasteiger partial charge in [-0.25, -0.2) is 0 Å². The molecule has 1 aromatic rings. The van der Waals surface area contributed by atoms with E-state index in [1.165, 1.54) is 6.07 Å². The number of nitrogens with zero attached hydrogens (tertiary/aromatic N) is 1. The molecule has 0 aliphatic heterocycles. The van der Waals surface area contributed by atoms with Crippen molar-refractivity contribution in [3.63, 3.8) is 0 Å². The number of nitro benzene ring substituents is 1. The zero-order chi connectivity index (χ0) is 11.3. The minimum absolute atomic E-state index is 0.430. The second-order valence-corrected chi connectivity index (χ2v) is 3.15. The Bertz CT molecular complexity index is 437. The van der Waals surface area contributed by atoms with Crippen LogP contribution in [-0.4, -0.2) is 10.7 Å². The normalized spacial score (nSPS) is 9.20. The van der Waals surface area contributed by atoms with E-state index in [1.807, 2.05) is 0 Å². The molecular formula is C10H8FNO2S. The lowest BCUT2D eigenvalue weighted by molar-refractivity contribution is -0.387. The summed E-state index contributed by atoms with van der Waals surface area (Å²) in [5, 5.41) is 10.3. The Morgan fingerprint density at radius 1 is 1.53 bits per heavy atom. The Morgan fingerprint density at radius 2 is 2.27 bits per heavy atom. The van der Waals surface area contributed by atoms with Crippen molar-refractivity contribution in [2.24, 2.45) is 0 Å². The SMILES string of the molecule is O=[N+]([O-])c1ccc(C#CCCS)cc1F. The number of rotatable bonds is 2. The molecule has 0 bridgehead atoms. The van der Waals surface area contributed by atoms with Crippen LogP contribution in [0, 0.1) is 27.8 Å². The zero-order valence-electron chi connectivity index (χ0n) is 7.74. The second-order valence-electron chi connectivity index (χ2n) is 2.70. The van der Waals surface area contributed by atoms with Gasteiger partial charge in [0.25, 0.3) is 0 Å². The van der Waals surface area contributed by atoms with Crippen molar-refractivity contribution in [1.29, 1.82) is 0 Å². The standard InChI is InChI=1S/C10H8FNO2S/c11-9-7-8(3-1-2-6-15)4-5-10(9)12(13)14/h4-5,7,15H,2,6H2. The van der Waals surface area contributed by atoms with E-state index in [9.17, 15) is 14.5 Å². The van der Waals surface area contributed by atoms with Gasteiger partial charge in [0.2, 0.25) is 5.82 Å². The van der Waals surface area contributed by atoms with Gasteiger partial charge in [-0.2, -0.15) is 17.0 Å². The average Bonchev–Trinajstić information content (AvgIpc) is 2.17. The number of halogens is 1. The summed E-state index contributed by atoms with van der Waals surface area (Å²) in [4.78, 5) is 9.55. The lowest BCUT2D eigenvalue weighted by Gasteiger charge is -1.94. The van der Waals surface area contributed by atoms with Crippen molar-refractivity contribution in [2.45, 2.75) is 6.42 Å². The van der Waals surface area contributed by atoms with Crippen LogP contribution < -0.4 is 0 Å². The molecule has 0 fully saturated rings. The second kappa shape index (κ2) is 5.37. The van der Waals surface area contributed by atoms with Crippen molar-refractivity contribution in [3.8, 4) is 11.8 Å². The predicted molar refractivity (Wildman–Crippen MR) is 58.4 cm³/mol. The first-order chi connectivity index (χ1) is 7.15. The molecule has 0 aromatic heterocycles. The molecule has 0 saturated heterocycles. The third-order valence-corrected chi connectivity index (χ3v) is 1.84. The monoisotopic (exact) mass is 225 g/mol. The van der Waals surface area contributed by atoms with Gasteiger partial charge in [0.05, 0.1) is 4.92 Å². The Labute approximate surface area is 91.9 Å². The molecule has 0 saturated carbocycles. The first kappa shape index (κ1) is 11.5. The summed E-state index contributed by atoms with van der Waals surface area (Å²) in [7, 11) is 0. The van der Waals surface area contributed by atoms with Gasteiger partial charge in [0, 0.05) is 23.8 Å². The summed E-state index contributed by atoms with van der Waals surface area (Å²) < 4.78 is 13.1. The van der Waals surface area contributed by atoms with Gasteiger partial charge in [0.15, 0.2) is 0 Å². The van der Waals surface area contributed by atoms with Crippen LogP contribution in [0.15, 0.2) is 18.2 Å². The summed E-state index contributed by atoms with van der Waals surface area (Å²) in [5.74, 6) is 5.22. The van der Waals surface area contributed by atoms with Crippen LogP contribution in [0.3, 0.4) is 0 Å². The Hall–Kier alpha value is -1.54. The molecule has 0 radical (unpaired) electrons. The van der Waals surface area contributed by atoms with Crippen molar-refractivity contribution in [3.05, 3.63) is 39.7 Å². The molecule has 0 amide bonds. The fourth-order valence-electron chi connectivity index (χ4n) is 0.953. The zero-order valence-corrected chi connectivity index (χ0v) is 8.63. The molecule has 78 valence electrons. The summed E-state index contributed by atoms with van der Waals surface area (Å²) in [5.41, 5.74) is -0.102. The lowest BCUT2D eigenvalue weighted by Crippen LogP contribution is -1.92. The molecule has 1 rings (SSSR count). The Balaban J connectivity index is 2.93. The maximum atomic E-state index is 13.1. The topological polar surface area (TPSA) is 43.1 Å². The number of hydrogen-bond acceptors (Lipinski definition) is 3. The van der Waals surface area contributed by atoms with Crippen LogP contribution in [0.25, 0.3) is 0 Å². The van der Waals surface area contributed by atoms with Crippen molar-refractivity contribution < 1.29 is 9.31 Å². The molecule has 0 spiro atoms. The molecule has 0 heterocycles. The summed E-state index contributed by atoms with van der Waals surface area (Å²) in [6.07, 6.45) is 0.599. The smallest absolute Gasteiger partial charge is 0.258 e. The van der Waals surface area contributed by atoms with Crippen LogP contribution >= 0.6 is 12.6 Å². The summed E-state index contributed by atoms with van der Waals surface area (Å²) in [6, 6.07) is 3.59. The molecule has 0 aliphatic carbocycles. The molecule has 0 unspecified atom stereocenters. The van der Waals surface area contributed by atoms with Crippen molar-refractivity contribution in [2.75, 3.05) is 5.75 Å². The number of thiol groups is 1. The van der Waals surface area contributed by atoms with Crippen molar-refractivity contribution in [1.82, 2.24) is 0 Å². The highest BCUT2D eigenvalue weighted by atomic mass is 32.1. The van der Waals surface area contributed by atoms with E-state index in [0.29, 0.717) is 17.7 Å². The molecule has 15 heavy (non-hydrogen) atoms. The molecule has 0 aliphatic rings. The fraction of sp³-hybridized carbons (Fsp3) is 0.200. The summed E-state index contributed by atoms with van der Waals surface area (Å²) in [6.45, 7) is 0. The van der Waals surface area contributed by atoms with Gasteiger partial charge in [-0.05, 0) is 12.1 Å². The molecule has 3 nitrogen and oxygen atoms in total. The highest BCUT2D eigenvalue weighted by molar-refractivity contribution is 7.80. The lowest BCUT2D eigenvalue weighted by atomic mass is 10.2. The van der Waals surface area contributed by atoms with E-state index in [-0.39, 0.29) is 0 Å². The van der Waals surface area contributed by atoms with Crippen LogP contribution in [0.4, 0.5) is 10.1 Å². The fourth-order valence-corrected chi connectivity index (χ4v) is 1.06. The van der Waals surface area contributed by atoms with Gasteiger partial charge < -0.3 is 0 Å². The molecule has 0 N–H and O–H groups in total. The molecule has 1 aromatic carbocycles. The first-order valence-electron chi connectivity index (χ1n) is 4.19. The van der Waals surface area contributed by atoms with E-state index < -0.39 is 16.4 Å². The van der Waals surface area contributed by atoms with Crippen LogP contribution in [-0.2, 0) is 0 Å². The van der Waals surface area contributed by atoms with Crippen LogP contribution in [0.2, 0.25) is 0 Å². The maximum Gasteiger partial charge on any atom is 0.304 e. The minimum atomic E-state index is -0.863. The summed E-state index contributed by atoms with van der Waals surface area (Å²) >= 11 is 3.96. The van der Waals surface area contributed by atoms with Crippen molar-refractivity contribution >= 4 is 18.3 Å². The van der Waals surface area contributed by atoms with Gasteiger partial charge in [-0.3, -0.25) is 10.1 Å². The number of hydrogen-bond donors (Lipinski definition) is 1. The van der Waals surface area contributed by atoms with Gasteiger partial charge >= 0.3 is 5.69 Å². The minimum Gasteiger partial charge on any atom is -0.258 e. The van der Waals surface area contributed by atoms with Gasteiger partial charge in [0.1, 0.15) is 0 Å². The molecule has 0 atom stereocenters. The molecular weight excluding hydrogens is 217 g/mol. The maximum absolute atomic E-state index is 13.1. The quantitative estimate of drug-likeness (QED) is 0.363. The van der Waals surface area contributed by atoms with Crippen LogP contribution in [0.5, 0.6) is 0 Å². The van der Waals surface area contributed by atoms with E-state index in [2.05, 4.69) is 24.5 Å². The first-order valence-corrected chi connectivity index (χ1v) is 4.82. The largest absolute Gasteiger partial charge is 0.304 e. The Morgan fingerprint density at radius 3 is 2.80 bits per heavy atom. The van der Waals surface area contributed by atoms with Gasteiger partial charge in [-0.1, -0.05) is 11.8 Å². The van der Waals surface area contributed by atoms with Crippen LogP contribution in [0.1, 0.15) is 12.0 Å². The molecule has 5 heteroatoms. The highest BCUT2D eigenvalue weighted by Gasteiger charge is 2.12. The third-order valence-electron chi connectivity index (χ3n) is 1.61. The van der Waals surface area contributed by atoms with E-state index in [4.69, 9.17) is 0 Å². The third kappa shape index (κ3) is 3.26. The average molecular weight is 225 g/mol. The van der Waals surface area contributed by atoms with Gasteiger partial charge in [-0.15, -0.1) is 0 Å². The Kier molecular flexibility index (Phi) is 4.13. The van der Waals surface area contributed by atoms with E-state index in [0.717, 1.165) is 12.1 Å². The van der Waals surface area contributed by atoms with E-state index in [1.54, 1.807) is 0 Å². The number of benzene rings is 1. The predicted octanol–water partition coefficient (Wildman–Crippen LogP) is 2.41. The highest BCUT2D eigenvalue weighted by Crippen LogP contribution is 2.17. The van der Waals surface area contributed by atoms with E-state index >= 15 is 0 Å². The number of nitro groups is 1.